The van der Waals surface area contributed by atoms with Gasteiger partial charge in [0, 0.05) is 6.42 Å². The van der Waals surface area contributed by atoms with Gasteiger partial charge in [-0.2, -0.15) is 0 Å². The molecule has 7 heterocycles. The van der Waals surface area contributed by atoms with Gasteiger partial charge in [0.15, 0.2) is 35.4 Å². The molecule has 0 amide bonds. The number of hydrogen-bond acceptors (Lipinski definition) is 20. The van der Waals surface area contributed by atoms with Crippen LogP contribution < -0.4 is 11.5 Å². The quantitative estimate of drug-likeness (QED) is 0.0751. The molecule has 4 aromatic rings. The molecule has 54 heavy (non-hydrogen) atoms. The summed E-state index contributed by atoms with van der Waals surface area (Å²) in [5.41, 5.74) is 12.2. The fraction of sp³-hybridized carbons (Fsp3) is 0.538. The Morgan fingerprint density at radius 2 is 1.41 bits per heavy atom. The highest BCUT2D eigenvalue weighted by Crippen LogP contribution is 2.56. The van der Waals surface area contributed by atoms with Crippen molar-refractivity contribution in [3.63, 3.8) is 0 Å². The highest BCUT2D eigenvalue weighted by Gasteiger charge is 2.56. The number of aliphatic hydroxyl groups excluding tert-OH is 1. The van der Waals surface area contributed by atoms with Gasteiger partial charge in [0.05, 0.1) is 32.5 Å². The minimum Gasteiger partial charge on any atom is -0.386 e. The summed E-state index contributed by atoms with van der Waals surface area (Å²) in [4.78, 5) is 56.8. The fourth-order valence-corrected chi connectivity index (χ4v) is 8.91. The number of imidazole rings is 2. The second kappa shape index (κ2) is 15.2. The number of rotatable bonds is 9. The van der Waals surface area contributed by atoms with Crippen LogP contribution in [0.15, 0.2) is 25.3 Å². The van der Waals surface area contributed by atoms with Gasteiger partial charge in [-0.1, -0.05) is 0 Å². The number of aliphatic hydroxyl groups is 1. The van der Waals surface area contributed by atoms with E-state index < -0.39 is 85.8 Å². The number of terminal acetylenes is 1. The van der Waals surface area contributed by atoms with Crippen LogP contribution in [0.5, 0.6) is 0 Å². The van der Waals surface area contributed by atoms with Gasteiger partial charge in [-0.25, -0.2) is 43.6 Å². The van der Waals surface area contributed by atoms with Crippen LogP contribution in [-0.2, 0) is 50.3 Å². The summed E-state index contributed by atoms with van der Waals surface area (Å²) >= 11 is 0. The Bertz CT molecular complexity index is 2200. The van der Waals surface area contributed by atoms with Gasteiger partial charge in [0.1, 0.15) is 60.3 Å². The summed E-state index contributed by atoms with van der Waals surface area (Å²) in [6.07, 6.45) is -2.25. The monoisotopic (exact) mass is 818 g/mol. The number of nitrogens with zero attached hydrogens (tertiary/aromatic N) is 8. The molecule has 0 aliphatic carbocycles. The first kappa shape index (κ1) is 38.7. The van der Waals surface area contributed by atoms with E-state index in [-0.39, 0.29) is 47.0 Å². The lowest BCUT2D eigenvalue weighted by Crippen LogP contribution is -2.39. The minimum atomic E-state index is -5.25. The number of nitrogens with two attached hydrogens (primary N) is 2. The van der Waals surface area contributed by atoms with E-state index in [4.69, 9.17) is 54.5 Å². The Labute approximate surface area is 303 Å². The van der Waals surface area contributed by atoms with Crippen molar-refractivity contribution >= 4 is 57.4 Å². The van der Waals surface area contributed by atoms with Crippen molar-refractivity contribution in [1.82, 2.24) is 39.0 Å². The van der Waals surface area contributed by atoms with Crippen LogP contribution in [0.4, 0.5) is 11.6 Å². The SMILES string of the molecule is C#CCCCCOP(=O)(O)O[C@H]1C2OP(=O)(O)OC[C@H]3O[C@@H](n4cnc5c(N)ncnc54)[C@@H](O)C3OP(=O)(O)OC[C@H]2O[C@H]1n1cnc2c(N)ncnc21. The number of hydrogen-bond donors (Lipinski definition) is 6. The van der Waals surface area contributed by atoms with Gasteiger partial charge < -0.3 is 40.7 Å². The van der Waals surface area contributed by atoms with Crippen LogP contribution >= 0.6 is 23.5 Å². The summed E-state index contributed by atoms with van der Waals surface area (Å²) in [5.74, 6) is 2.42. The lowest BCUT2D eigenvalue weighted by atomic mass is 10.1. The molecule has 3 fully saturated rings. The first-order valence-electron chi connectivity index (χ1n) is 15.9. The van der Waals surface area contributed by atoms with Crippen molar-refractivity contribution < 1.29 is 70.1 Å². The first-order valence-corrected chi connectivity index (χ1v) is 20.4. The fourth-order valence-electron chi connectivity index (χ4n) is 6.03. The molecule has 3 aliphatic heterocycles. The molecule has 8 N–H and O–H groups in total. The molecule has 0 radical (unpaired) electrons. The molecule has 4 aromatic heterocycles. The zero-order chi connectivity index (χ0) is 38.4. The molecule has 28 heteroatoms. The Balaban J connectivity index is 1.19. The van der Waals surface area contributed by atoms with Crippen LogP contribution in [0.1, 0.15) is 31.7 Å². The molecular formula is C26H33N10O15P3. The maximum absolute atomic E-state index is 13.6. The van der Waals surface area contributed by atoms with Crippen molar-refractivity contribution in [1.29, 1.82) is 0 Å². The Kier molecular flexibility index (Phi) is 10.9. The highest BCUT2D eigenvalue weighted by molar-refractivity contribution is 7.48. The molecule has 0 spiro atoms. The summed E-state index contributed by atoms with van der Waals surface area (Å²) in [7, 11) is -15.4. The summed E-state index contributed by atoms with van der Waals surface area (Å²) in [6.45, 7) is -2.08. The topological polar surface area (TPSA) is 345 Å². The third-order valence-electron chi connectivity index (χ3n) is 8.46. The van der Waals surface area contributed by atoms with Crippen LogP contribution in [0.25, 0.3) is 22.3 Å². The lowest BCUT2D eigenvalue weighted by molar-refractivity contribution is -0.0663. The van der Waals surface area contributed by atoms with Crippen LogP contribution in [0, 0.1) is 12.3 Å². The van der Waals surface area contributed by atoms with E-state index in [9.17, 15) is 33.5 Å². The molecule has 0 saturated carbocycles. The maximum atomic E-state index is 13.6. The van der Waals surface area contributed by atoms with Crippen LogP contribution in [0.3, 0.4) is 0 Å². The van der Waals surface area contributed by atoms with Gasteiger partial charge in [0.25, 0.3) is 0 Å². The van der Waals surface area contributed by atoms with E-state index >= 15 is 0 Å². The van der Waals surface area contributed by atoms with E-state index in [1.165, 1.54) is 21.8 Å². The van der Waals surface area contributed by atoms with Gasteiger partial charge in [-0.15, -0.1) is 12.3 Å². The molecule has 292 valence electrons. The summed E-state index contributed by atoms with van der Waals surface area (Å²) in [6, 6.07) is 0. The number of aromatic nitrogens is 8. The van der Waals surface area contributed by atoms with Crippen LogP contribution in [0.2, 0.25) is 0 Å². The van der Waals surface area contributed by atoms with E-state index in [1.807, 2.05) is 0 Å². The number of fused-ring (bicyclic) bond motifs is 4. The van der Waals surface area contributed by atoms with E-state index in [2.05, 4.69) is 35.8 Å². The van der Waals surface area contributed by atoms with E-state index in [1.54, 1.807) is 0 Å². The second-order valence-corrected chi connectivity index (χ2v) is 16.2. The Morgan fingerprint density at radius 1 is 0.870 bits per heavy atom. The normalized spacial score (nSPS) is 34.4. The number of ether oxygens (including phenoxy) is 2. The molecule has 0 aromatic carbocycles. The predicted molar refractivity (Wildman–Crippen MR) is 178 cm³/mol. The Hall–Kier alpha value is -3.53. The molecule has 5 unspecified atom stereocenters. The van der Waals surface area contributed by atoms with Crippen molar-refractivity contribution in [2.75, 3.05) is 31.3 Å². The number of phosphoric ester groups is 3. The summed E-state index contributed by atoms with van der Waals surface area (Å²) < 4.78 is 86.6. The molecule has 25 nitrogen and oxygen atoms in total. The van der Waals surface area contributed by atoms with E-state index in [0.29, 0.717) is 12.8 Å². The molecule has 0 bridgehead atoms. The summed E-state index contributed by atoms with van der Waals surface area (Å²) in [5, 5.41) is 11.3. The van der Waals surface area contributed by atoms with Crippen molar-refractivity contribution in [2.45, 2.75) is 68.3 Å². The zero-order valence-corrected chi connectivity index (χ0v) is 30.3. The van der Waals surface area contributed by atoms with Crippen molar-refractivity contribution in [3.8, 4) is 12.3 Å². The van der Waals surface area contributed by atoms with Gasteiger partial charge in [0.2, 0.25) is 0 Å². The predicted octanol–water partition coefficient (Wildman–Crippen LogP) is 0.310. The molecule has 7 rings (SSSR count). The molecular weight excluding hydrogens is 785 g/mol. The molecule has 3 saturated heterocycles. The lowest BCUT2D eigenvalue weighted by Gasteiger charge is -2.29. The number of unbranched alkanes of at least 4 members (excludes halogenated alkanes) is 2. The second-order valence-electron chi connectivity index (χ2n) is 12.0. The minimum absolute atomic E-state index is 0.0176. The number of anilines is 2. The maximum Gasteiger partial charge on any atom is 0.472 e. The zero-order valence-electron chi connectivity index (χ0n) is 27.6. The van der Waals surface area contributed by atoms with Crippen molar-refractivity contribution in [3.05, 3.63) is 25.3 Å². The van der Waals surface area contributed by atoms with E-state index in [0.717, 1.165) is 12.7 Å². The first-order chi connectivity index (χ1) is 25.7. The average molecular weight is 819 g/mol. The van der Waals surface area contributed by atoms with Gasteiger partial charge in [-0.3, -0.25) is 36.3 Å². The van der Waals surface area contributed by atoms with Gasteiger partial charge >= 0.3 is 23.5 Å². The van der Waals surface area contributed by atoms with Crippen molar-refractivity contribution in [2.24, 2.45) is 0 Å². The number of nitrogen functional groups attached to an aromatic ring is 2. The largest absolute Gasteiger partial charge is 0.472 e. The standard InChI is InChI=1S/C26H33N10O15P3/c1-2-3-4-5-6-44-52(38,39)51-20-19-14(48-26(20)36-12-34-16-22(28)30-10-32-24(16)36)8-46-53(40,41)49-18-13(7-45-54(42,43)50-19)47-25(17(18)37)35-11-33-15-21(27)29-9-31-23(15)35/h1,9-14,17-20,25-26,37H,3-8H2,(H,38,39)(H,40,41)(H,42,43)(H2,27,29,31)(H2,28,30,32)/t13-,14-,17+,18?,19?,20+,25-,26-/m1/s1. The van der Waals surface area contributed by atoms with Gasteiger partial charge in [-0.05, 0) is 12.8 Å². The van der Waals surface area contributed by atoms with Crippen LogP contribution in [-0.4, -0.2) is 115 Å². The molecule has 11 atom stereocenters. The molecule has 3 aliphatic rings. The number of phosphoric acid groups is 3. The smallest absolute Gasteiger partial charge is 0.386 e. The third-order valence-corrected chi connectivity index (χ3v) is 11.4. The average Bonchev–Trinajstić information content (AvgIpc) is 3.88. The highest BCUT2D eigenvalue weighted by atomic mass is 31.2. The Morgan fingerprint density at radius 3 is 2.00 bits per heavy atom. The third kappa shape index (κ3) is 7.92.